The Morgan fingerprint density at radius 3 is 2.53 bits per heavy atom. The highest BCUT2D eigenvalue weighted by molar-refractivity contribution is 7.12. The van der Waals surface area contributed by atoms with Crippen molar-refractivity contribution in [3.8, 4) is 5.13 Å². The number of halogens is 6. The molecule has 2 heterocycles. The lowest BCUT2D eigenvalue weighted by atomic mass is 10.0. The molecular formula is C20H17F6N3O2S. The molecule has 0 bridgehead atoms. The number of carbonyl (C=O) groups excluding carboxylic acids is 1. The fourth-order valence-corrected chi connectivity index (χ4v) is 3.83. The van der Waals surface area contributed by atoms with Crippen LogP contribution in [-0.2, 0) is 29.9 Å². The Kier molecular flexibility index (Phi) is 6.91. The molecule has 32 heavy (non-hydrogen) atoms. The summed E-state index contributed by atoms with van der Waals surface area (Å²) in [4.78, 5) is 16.0. The van der Waals surface area contributed by atoms with Crippen LogP contribution in [-0.4, -0.2) is 27.3 Å². The van der Waals surface area contributed by atoms with Gasteiger partial charge in [0.2, 0.25) is 5.13 Å². The lowest BCUT2D eigenvalue weighted by Gasteiger charge is -2.10. The fraction of sp³-hybridized carbons (Fsp3) is 0.350. The largest absolute Gasteiger partial charge is 0.462 e. The number of aromatic nitrogens is 3. The van der Waals surface area contributed by atoms with Crippen molar-refractivity contribution < 1.29 is 35.9 Å². The zero-order valence-corrected chi connectivity index (χ0v) is 17.4. The minimum Gasteiger partial charge on any atom is -0.462 e. The first-order chi connectivity index (χ1) is 15.0. The van der Waals surface area contributed by atoms with Gasteiger partial charge in [0.15, 0.2) is 5.69 Å². The van der Waals surface area contributed by atoms with Crippen molar-refractivity contribution >= 4 is 17.3 Å². The summed E-state index contributed by atoms with van der Waals surface area (Å²) in [6.07, 6.45) is -7.37. The second-order valence-corrected chi connectivity index (χ2v) is 7.55. The Morgan fingerprint density at radius 2 is 1.88 bits per heavy atom. The third-order valence-corrected chi connectivity index (χ3v) is 5.27. The lowest BCUT2D eigenvalue weighted by molar-refractivity contribution is -0.143. The van der Waals surface area contributed by atoms with Crippen molar-refractivity contribution in [2.45, 2.75) is 38.5 Å². The molecule has 12 heteroatoms. The van der Waals surface area contributed by atoms with Crippen LogP contribution < -0.4 is 0 Å². The maximum Gasteiger partial charge on any atom is 0.434 e. The van der Waals surface area contributed by atoms with Gasteiger partial charge >= 0.3 is 18.3 Å². The molecule has 0 aliphatic heterocycles. The van der Waals surface area contributed by atoms with Gasteiger partial charge in [-0.15, -0.1) is 11.3 Å². The SMILES string of the molecule is CCOC(=O)c1cnn(-c2nc(CCCc3cccc(C(F)(F)F)c3)cs2)c1C(F)(F)F. The van der Waals surface area contributed by atoms with E-state index in [1.807, 2.05) is 0 Å². The molecule has 0 saturated carbocycles. The van der Waals surface area contributed by atoms with E-state index in [0.717, 1.165) is 29.7 Å². The molecule has 0 saturated heterocycles. The minimum atomic E-state index is -4.87. The number of hydrogen-bond acceptors (Lipinski definition) is 5. The zero-order valence-electron chi connectivity index (χ0n) is 16.6. The van der Waals surface area contributed by atoms with Crippen LogP contribution in [0.4, 0.5) is 26.3 Å². The first kappa shape index (κ1) is 23.8. The fourth-order valence-electron chi connectivity index (χ4n) is 3.01. The molecule has 172 valence electrons. The van der Waals surface area contributed by atoms with Crippen LogP contribution in [0.3, 0.4) is 0 Å². The van der Waals surface area contributed by atoms with Crippen molar-refractivity contribution in [1.82, 2.24) is 14.8 Å². The number of rotatable bonds is 7. The maximum atomic E-state index is 13.6. The minimum absolute atomic E-state index is 0.0815. The molecule has 5 nitrogen and oxygen atoms in total. The molecule has 0 spiro atoms. The van der Waals surface area contributed by atoms with Crippen LogP contribution in [0.1, 0.15) is 46.2 Å². The van der Waals surface area contributed by atoms with E-state index in [2.05, 4.69) is 14.8 Å². The van der Waals surface area contributed by atoms with Crippen LogP contribution in [0, 0.1) is 0 Å². The third kappa shape index (κ3) is 5.47. The maximum absolute atomic E-state index is 13.6. The van der Waals surface area contributed by atoms with Crippen LogP contribution in [0.15, 0.2) is 35.8 Å². The first-order valence-corrected chi connectivity index (χ1v) is 10.3. The topological polar surface area (TPSA) is 57.0 Å². The molecule has 0 atom stereocenters. The molecule has 2 aromatic heterocycles. The van der Waals surface area contributed by atoms with Crippen LogP contribution >= 0.6 is 11.3 Å². The first-order valence-electron chi connectivity index (χ1n) is 9.44. The highest BCUT2D eigenvalue weighted by Gasteiger charge is 2.41. The summed E-state index contributed by atoms with van der Waals surface area (Å²) in [6.45, 7) is 1.39. The number of alkyl halides is 6. The standard InChI is InChI=1S/C20H17F6N3O2S/c1-2-31-17(30)15-10-27-29(16(15)20(24,25)26)18-28-14(11-32-18)8-4-6-12-5-3-7-13(9-12)19(21,22)23/h3,5,7,9-11H,2,4,6,8H2,1H3. The quantitative estimate of drug-likeness (QED) is 0.323. The van der Waals surface area contributed by atoms with Crippen molar-refractivity contribution in [3.63, 3.8) is 0 Å². The zero-order chi connectivity index (χ0) is 23.5. The Hall–Kier alpha value is -2.89. The monoisotopic (exact) mass is 477 g/mol. The van der Waals surface area contributed by atoms with Crippen LogP contribution in [0.2, 0.25) is 0 Å². The molecule has 0 aliphatic carbocycles. The number of ether oxygens (including phenoxy) is 1. The number of thiazole rings is 1. The van der Waals surface area contributed by atoms with E-state index in [-0.39, 0.29) is 11.7 Å². The van der Waals surface area contributed by atoms with Crippen molar-refractivity contribution in [1.29, 1.82) is 0 Å². The molecule has 0 amide bonds. The molecule has 1 aromatic carbocycles. The average Bonchev–Trinajstić information content (AvgIpc) is 3.34. The van der Waals surface area contributed by atoms with E-state index < -0.39 is 35.1 Å². The summed E-state index contributed by atoms with van der Waals surface area (Å²) in [5.74, 6) is -1.14. The molecule has 0 aliphatic rings. The molecule has 0 radical (unpaired) electrons. The Labute approximate surface area is 182 Å². The Bertz CT molecular complexity index is 1090. The predicted molar refractivity (Wildman–Crippen MR) is 104 cm³/mol. The van der Waals surface area contributed by atoms with Gasteiger partial charge in [-0.05, 0) is 37.8 Å². The lowest BCUT2D eigenvalue weighted by Crippen LogP contribution is -2.18. The van der Waals surface area contributed by atoms with Gasteiger partial charge in [-0.2, -0.15) is 31.4 Å². The summed E-state index contributed by atoms with van der Waals surface area (Å²) in [6, 6.07) is 4.97. The summed E-state index contributed by atoms with van der Waals surface area (Å²) in [5.41, 5.74) is -1.75. The van der Waals surface area contributed by atoms with Gasteiger partial charge in [-0.1, -0.05) is 18.2 Å². The van der Waals surface area contributed by atoms with Gasteiger partial charge in [0.05, 0.1) is 24.1 Å². The van der Waals surface area contributed by atoms with Crippen LogP contribution in [0.5, 0.6) is 0 Å². The number of aryl methyl sites for hydroxylation is 2. The Morgan fingerprint density at radius 1 is 1.12 bits per heavy atom. The smallest absolute Gasteiger partial charge is 0.434 e. The number of carbonyl (C=O) groups is 1. The third-order valence-electron chi connectivity index (χ3n) is 4.41. The van der Waals surface area contributed by atoms with Crippen molar-refractivity contribution in [3.05, 3.63) is 63.9 Å². The molecule has 3 aromatic rings. The summed E-state index contributed by atoms with van der Waals surface area (Å²) < 4.78 is 84.3. The van der Waals surface area contributed by atoms with E-state index >= 15 is 0 Å². The highest BCUT2D eigenvalue weighted by Crippen LogP contribution is 2.35. The number of esters is 1. The van der Waals surface area contributed by atoms with Gasteiger partial charge in [0.25, 0.3) is 0 Å². The van der Waals surface area contributed by atoms with E-state index in [4.69, 9.17) is 0 Å². The summed E-state index contributed by atoms with van der Waals surface area (Å²) >= 11 is 0.912. The van der Waals surface area contributed by atoms with E-state index in [9.17, 15) is 31.1 Å². The summed E-state index contributed by atoms with van der Waals surface area (Å²) in [5, 5.41) is 5.13. The number of hydrogen-bond donors (Lipinski definition) is 0. The predicted octanol–water partition coefficient (Wildman–Crippen LogP) is 5.72. The highest BCUT2D eigenvalue weighted by atomic mass is 32.1. The number of benzene rings is 1. The van der Waals surface area contributed by atoms with Gasteiger partial charge in [0.1, 0.15) is 5.56 Å². The second-order valence-electron chi connectivity index (χ2n) is 6.71. The van der Waals surface area contributed by atoms with Crippen molar-refractivity contribution in [2.24, 2.45) is 0 Å². The number of nitrogens with zero attached hydrogens (tertiary/aromatic N) is 3. The normalized spacial score (nSPS) is 12.2. The summed E-state index contributed by atoms with van der Waals surface area (Å²) in [7, 11) is 0. The van der Waals surface area contributed by atoms with Crippen LogP contribution in [0.25, 0.3) is 5.13 Å². The molecular weight excluding hydrogens is 460 g/mol. The van der Waals surface area contributed by atoms with Gasteiger partial charge in [-0.3, -0.25) is 0 Å². The van der Waals surface area contributed by atoms with Crippen molar-refractivity contribution in [2.75, 3.05) is 6.61 Å². The van der Waals surface area contributed by atoms with E-state index in [1.54, 1.807) is 11.4 Å². The molecule has 0 unspecified atom stereocenters. The molecule has 0 N–H and O–H groups in total. The average molecular weight is 477 g/mol. The molecule has 3 rings (SSSR count). The van der Waals surface area contributed by atoms with E-state index in [0.29, 0.717) is 35.2 Å². The molecule has 0 fully saturated rings. The van der Waals surface area contributed by atoms with Gasteiger partial charge in [0, 0.05) is 5.38 Å². The Balaban J connectivity index is 1.73. The second kappa shape index (κ2) is 9.31. The van der Waals surface area contributed by atoms with E-state index in [1.165, 1.54) is 13.0 Å². The van der Waals surface area contributed by atoms with Gasteiger partial charge in [-0.25, -0.2) is 14.5 Å². The van der Waals surface area contributed by atoms with Gasteiger partial charge < -0.3 is 4.74 Å².